The first-order valence-corrected chi connectivity index (χ1v) is 8.10. The molecule has 1 heterocycles. The van der Waals surface area contributed by atoms with Crippen molar-refractivity contribution in [1.82, 2.24) is 0 Å². The van der Waals surface area contributed by atoms with Crippen molar-refractivity contribution in [1.29, 1.82) is 0 Å². The number of carbonyl (C=O) groups excluding carboxylic acids is 1. The summed E-state index contributed by atoms with van der Waals surface area (Å²) in [6, 6.07) is 2.09. The maximum atomic E-state index is 13.1. The van der Waals surface area contributed by atoms with E-state index in [1.807, 2.05) is 0 Å². The Bertz CT molecular complexity index is 643. The standard InChI is InChI=1S/C11H11Cl2FN2O3S/c12-8-2-7(14)3-9(13)11(8)16-4-6(1-10(16)17)5-20(15,18)19/h2-3,6H,1,4-5H2,(H2,15,18,19). The highest BCUT2D eigenvalue weighted by molar-refractivity contribution is 7.89. The largest absolute Gasteiger partial charge is 0.309 e. The van der Waals surface area contributed by atoms with E-state index in [-0.39, 0.29) is 40.4 Å². The molecule has 1 atom stereocenters. The number of nitrogens with zero attached hydrogens (tertiary/aromatic N) is 1. The van der Waals surface area contributed by atoms with E-state index in [4.69, 9.17) is 28.3 Å². The molecule has 0 aromatic heterocycles. The van der Waals surface area contributed by atoms with Crippen LogP contribution < -0.4 is 10.0 Å². The lowest BCUT2D eigenvalue weighted by molar-refractivity contribution is -0.117. The Morgan fingerprint density at radius 2 is 1.90 bits per heavy atom. The first kappa shape index (κ1) is 15.5. The first-order valence-electron chi connectivity index (χ1n) is 5.63. The molecule has 5 nitrogen and oxygen atoms in total. The maximum absolute atomic E-state index is 13.1. The smallest absolute Gasteiger partial charge is 0.227 e. The molecule has 110 valence electrons. The summed E-state index contributed by atoms with van der Waals surface area (Å²) in [5.74, 6) is -1.67. The van der Waals surface area contributed by atoms with Crippen LogP contribution in [-0.4, -0.2) is 26.6 Å². The van der Waals surface area contributed by atoms with Crippen LogP contribution in [0.2, 0.25) is 10.0 Å². The highest BCUT2D eigenvalue weighted by atomic mass is 35.5. The molecule has 20 heavy (non-hydrogen) atoms. The van der Waals surface area contributed by atoms with Gasteiger partial charge in [-0.25, -0.2) is 17.9 Å². The topological polar surface area (TPSA) is 80.5 Å². The molecule has 0 bridgehead atoms. The summed E-state index contributed by atoms with van der Waals surface area (Å²) in [6.07, 6.45) is 0.0282. The summed E-state index contributed by atoms with van der Waals surface area (Å²) < 4.78 is 35.2. The van der Waals surface area contributed by atoms with Crippen LogP contribution in [0.3, 0.4) is 0 Å². The average Bonchev–Trinajstić information content (AvgIpc) is 2.55. The quantitative estimate of drug-likeness (QED) is 0.910. The molecular weight excluding hydrogens is 330 g/mol. The molecule has 1 fully saturated rings. The predicted octanol–water partition coefficient (Wildman–Crippen LogP) is 1.77. The molecule has 1 amide bonds. The van der Waals surface area contributed by atoms with Crippen molar-refractivity contribution < 1.29 is 17.6 Å². The second kappa shape index (κ2) is 5.48. The first-order chi connectivity index (χ1) is 9.17. The van der Waals surface area contributed by atoms with Gasteiger partial charge in [0.1, 0.15) is 5.82 Å². The summed E-state index contributed by atoms with van der Waals surface area (Å²) in [4.78, 5) is 13.2. The Balaban J connectivity index is 2.29. The molecule has 1 aliphatic rings. The number of primary sulfonamides is 1. The van der Waals surface area contributed by atoms with Crippen molar-refractivity contribution in [3.05, 3.63) is 28.0 Å². The number of sulfonamides is 1. The van der Waals surface area contributed by atoms with Gasteiger partial charge in [-0.15, -0.1) is 0 Å². The van der Waals surface area contributed by atoms with E-state index >= 15 is 0 Å². The second-order valence-corrected chi connectivity index (χ2v) is 7.10. The summed E-state index contributed by atoms with van der Waals surface area (Å²) in [7, 11) is -3.67. The third-order valence-electron chi connectivity index (χ3n) is 2.92. The molecule has 0 saturated carbocycles. The van der Waals surface area contributed by atoms with Crippen LogP contribution in [0.1, 0.15) is 6.42 Å². The van der Waals surface area contributed by atoms with Gasteiger partial charge in [0, 0.05) is 18.9 Å². The molecule has 1 aromatic rings. The van der Waals surface area contributed by atoms with Crippen molar-refractivity contribution >= 4 is 44.8 Å². The van der Waals surface area contributed by atoms with Gasteiger partial charge in [-0.3, -0.25) is 4.79 Å². The Kier molecular flexibility index (Phi) is 4.24. The third-order valence-corrected chi connectivity index (χ3v) is 4.44. The number of halogens is 3. The normalized spacial score (nSPS) is 19.7. The number of anilines is 1. The van der Waals surface area contributed by atoms with Gasteiger partial charge in [0.25, 0.3) is 0 Å². The van der Waals surface area contributed by atoms with Crippen molar-refractivity contribution in [3.63, 3.8) is 0 Å². The lowest BCUT2D eigenvalue weighted by Crippen LogP contribution is -2.28. The molecule has 1 unspecified atom stereocenters. The number of benzene rings is 1. The molecule has 2 rings (SSSR count). The van der Waals surface area contributed by atoms with E-state index in [9.17, 15) is 17.6 Å². The van der Waals surface area contributed by atoms with Crippen molar-refractivity contribution in [2.24, 2.45) is 11.1 Å². The van der Waals surface area contributed by atoms with Crippen molar-refractivity contribution in [2.75, 3.05) is 17.2 Å². The maximum Gasteiger partial charge on any atom is 0.227 e. The van der Waals surface area contributed by atoms with E-state index in [2.05, 4.69) is 0 Å². The summed E-state index contributed by atoms with van der Waals surface area (Å²) >= 11 is 11.8. The zero-order valence-electron chi connectivity index (χ0n) is 10.1. The predicted molar refractivity (Wildman–Crippen MR) is 74.9 cm³/mol. The lowest BCUT2D eigenvalue weighted by Gasteiger charge is -2.19. The minimum absolute atomic E-state index is 0.000365. The summed E-state index contributed by atoms with van der Waals surface area (Å²) in [5.41, 5.74) is 0.191. The van der Waals surface area contributed by atoms with Gasteiger partial charge in [0.15, 0.2) is 0 Å². The molecule has 9 heteroatoms. The number of hydrogen-bond donors (Lipinski definition) is 1. The van der Waals surface area contributed by atoms with E-state index < -0.39 is 21.8 Å². The van der Waals surface area contributed by atoms with Crippen molar-refractivity contribution in [3.8, 4) is 0 Å². The number of rotatable bonds is 3. The van der Waals surface area contributed by atoms with Gasteiger partial charge >= 0.3 is 0 Å². The molecule has 1 saturated heterocycles. The molecule has 1 aromatic carbocycles. The van der Waals surface area contributed by atoms with E-state index in [1.54, 1.807) is 0 Å². The van der Waals surface area contributed by atoms with Crippen LogP contribution in [-0.2, 0) is 14.8 Å². The SMILES string of the molecule is NS(=O)(=O)CC1CC(=O)N(c2c(Cl)cc(F)cc2Cl)C1. The second-order valence-electron chi connectivity index (χ2n) is 4.62. The third kappa shape index (κ3) is 3.41. The van der Waals surface area contributed by atoms with Crippen LogP contribution in [0.4, 0.5) is 10.1 Å². The lowest BCUT2D eigenvalue weighted by atomic mass is 10.1. The van der Waals surface area contributed by atoms with Gasteiger partial charge in [0.05, 0.1) is 21.5 Å². The molecule has 2 N–H and O–H groups in total. The van der Waals surface area contributed by atoms with Gasteiger partial charge in [-0.05, 0) is 12.1 Å². The van der Waals surface area contributed by atoms with Gasteiger partial charge < -0.3 is 4.90 Å². The number of nitrogens with two attached hydrogens (primary N) is 1. The highest BCUT2D eigenvalue weighted by Gasteiger charge is 2.34. The monoisotopic (exact) mass is 340 g/mol. The molecule has 0 aliphatic carbocycles. The molecule has 0 radical (unpaired) electrons. The van der Waals surface area contributed by atoms with Gasteiger partial charge in [-0.2, -0.15) is 0 Å². The van der Waals surface area contributed by atoms with E-state index in [1.165, 1.54) is 4.90 Å². The Morgan fingerprint density at radius 3 is 2.40 bits per heavy atom. The number of carbonyl (C=O) groups is 1. The number of hydrogen-bond acceptors (Lipinski definition) is 3. The van der Waals surface area contributed by atoms with Crippen LogP contribution in [0.25, 0.3) is 0 Å². The summed E-state index contributed by atoms with van der Waals surface area (Å²) in [6.45, 7) is 0.125. The fourth-order valence-electron chi connectivity index (χ4n) is 2.23. The Labute approximate surface area is 125 Å². The van der Waals surface area contributed by atoms with Crippen LogP contribution >= 0.6 is 23.2 Å². The number of amides is 1. The fourth-order valence-corrected chi connectivity index (χ4v) is 3.78. The molecule has 0 spiro atoms. The van der Waals surface area contributed by atoms with Crippen molar-refractivity contribution in [2.45, 2.75) is 6.42 Å². The minimum Gasteiger partial charge on any atom is -0.309 e. The van der Waals surface area contributed by atoms with Crippen LogP contribution in [0.15, 0.2) is 12.1 Å². The fraction of sp³-hybridized carbons (Fsp3) is 0.364. The molecule has 1 aliphatic heterocycles. The Morgan fingerprint density at radius 1 is 1.35 bits per heavy atom. The minimum atomic E-state index is -3.67. The zero-order valence-corrected chi connectivity index (χ0v) is 12.5. The highest BCUT2D eigenvalue weighted by Crippen LogP contribution is 2.38. The Hall–Kier alpha value is -0.890. The van der Waals surface area contributed by atoms with E-state index in [0.717, 1.165) is 12.1 Å². The summed E-state index contributed by atoms with van der Waals surface area (Å²) in [5, 5.41) is 4.96. The van der Waals surface area contributed by atoms with Crippen LogP contribution in [0, 0.1) is 11.7 Å². The van der Waals surface area contributed by atoms with Gasteiger partial charge in [-0.1, -0.05) is 23.2 Å². The zero-order chi connectivity index (χ0) is 15.1. The van der Waals surface area contributed by atoms with E-state index in [0.29, 0.717) is 0 Å². The average molecular weight is 341 g/mol. The van der Waals surface area contributed by atoms with Gasteiger partial charge in [0.2, 0.25) is 15.9 Å². The molecular formula is C11H11Cl2FN2O3S. The van der Waals surface area contributed by atoms with Crippen LogP contribution in [0.5, 0.6) is 0 Å².